The molecular formula is C29H35FN4O. The number of β-amino-alcohol motifs (C(OH)–C–C–N with tert-alkyl or cyclic N) is 1. The summed E-state index contributed by atoms with van der Waals surface area (Å²) in [6.45, 7) is 9.79. The Hall–Kier alpha value is -3.09. The third kappa shape index (κ3) is 6.32. The molecule has 1 aromatic heterocycles. The lowest BCUT2D eigenvalue weighted by atomic mass is 10.0. The maximum absolute atomic E-state index is 14.6. The van der Waals surface area contributed by atoms with Crippen LogP contribution in [0.3, 0.4) is 0 Å². The van der Waals surface area contributed by atoms with Crippen molar-refractivity contribution in [2.45, 2.75) is 38.7 Å². The van der Waals surface area contributed by atoms with Crippen LogP contribution >= 0.6 is 0 Å². The SMILES string of the molecule is C=CCC[C@H](O)CN1CCN(c2nc(-c3ccccc3)nc(CC)c2Cc2ccccc2F)CC1. The van der Waals surface area contributed by atoms with E-state index < -0.39 is 0 Å². The van der Waals surface area contributed by atoms with Gasteiger partial charge in [0.1, 0.15) is 11.6 Å². The summed E-state index contributed by atoms with van der Waals surface area (Å²) in [4.78, 5) is 14.6. The molecule has 1 atom stereocenters. The lowest BCUT2D eigenvalue weighted by molar-refractivity contribution is 0.103. The van der Waals surface area contributed by atoms with Crippen molar-refractivity contribution < 1.29 is 9.50 Å². The van der Waals surface area contributed by atoms with Gasteiger partial charge in [0.05, 0.1) is 6.10 Å². The first-order valence-corrected chi connectivity index (χ1v) is 12.5. The van der Waals surface area contributed by atoms with E-state index in [9.17, 15) is 9.50 Å². The summed E-state index contributed by atoms with van der Waals surface area (Å²) in [7, 11) is 0. The highest BCUT2D eigenvalue weighted by atomic mass is 19.1. The number of aliphatic hydroxyl groups excluding tert-OH is 1. The molecule has 3 aromatic rings. The summed E-state index contributed by atoms with van der Waals surface area (Å²) in [5.41, 5.74) is 3.59. The summed E-state index contributed by atoms with van der Waals surface area (Å²) >= 11 is 0. The number of hydrogen-bond donors (Lipinski definition) is 1. The Bertz CT molecular complexity index is 1110. The fraction of sp³-hybridized carbons (Fsp3) is 0.379. The minimum Gasteiger partial charge on any atom is -0.392 e. The molecule has 5 nitrogen and oxygen atoms in total. The van der Waals surface area contributed by atoms with E-state index in [1.165, 1.54) is 6.07 Å². The van der Waals surface area contributed by atoms with Gasteiger partial charge in [0, 0.05) is 56.0 Å². The molecule has 0 saturated carbocycles. The third-order valence-corrected chi connectivity index (χ3v) is 6.61. The molecule has 2 aromatic carbocycles. The van der Waals surface area contributed by atoms with Gasteiger partial charge in [0.25, 0.3) is 0 Å². The summed E-state index contributed by atoms with van der Waals surface area (Å²) in [5, 5.41) is 10.3. The smallest absolute Gasteiger partial charge is 0.161 e. The minimum atomic E-state index is -0.341. The summed E-state index contributed by atoms with van der Waals surface area (Å²) in [6, 6.07) is 17.0. The number of allylic oxidation sites excluding steroid dienone is 1. The number of anilines is 1. The van der Waals surface area contributed by atoms with Gasteiger partial charge in [-0.05, 0) is 30.9 Å². The van der Waals surface area contributed by atoms with Gasteiger partial charge in [-0.15, -0.1) is 6.58 Å². The van der Waals surface area contributed by atoms with Gasteiger partial charge in [0.15, 0.2) is 5.82 Å². The lowest BCUT2D eigenvalue weighted by Crippen LogP contribution is -2.49. The molecule has 0 unspecified atom stereocenters. The Morgan fingerprint density at radius 1 is 1.03 bits per heavy atom. The second-order valence-electron chi connectivity index (χ2n) is 9.09. The number of halogens is 1. The molecule has 35 heavy (non-hydrogen) atoms. The van der Waals surface area contributed by atoms with Crippen LogP contribution in [0.1, 0.15) is 36.6 Å². The van der Waals surface area contributed by atoms with Gasteiger partial charge < -0.3 is 10.0 Å². The maximum Gasteiger partial charge on any atom is 0.161 e. The first-order valence-electron chi connectivity index (χ1n) is 12.5. The molecule has 4 rings (SSSR count). The summed E-state index contributed by atoms with van der Waals surface area (Å²) < 4.78 is 14.6. The Morgan fingerprint density at radius 2 is 1.74 bits per heavy atom. The number of aromatic nitrogens is 2. The molecule has 0 bridgehead atoms. The molecule has 6 heteroatoms. The Labute approximate surface area is 208 Å². The zero-order valence-electron chi connectivity index (χ0n) is 20.5. The van der Waals surface area contributed by atoms with Crippen LogP contribution in [0.25, 0.3) is 11.4 Å². The van der Waals surface area contributed by atoms with Crippen LogP contribution in [-0.4, -0.2) is 58.8 Å². The average molecular weight is 475 g/mol. The highest BCUT2D eigenvalue weighted by Gasteiger charge is 2.25. The second-order valence-corrected chi connectivity index (χ2v) is 9.09. The fourth-order valence-electron chi connectivity index (χ4n) is 4.64. The zero-order valence-corrected chi connectivity index (χ0v) is 20.5. The molecule has 1 N–H and O–H groups in total. The normalized spacial score (nSPS) is 15.2. The molecule has 0 aliphatic carbocycles. The molecule has 1 saturated heterocycles. The first-order chi connectivity index (χ1) is 17.1. The van der Waals surface area contributed by atoms with Crippen LogP contribution in [-0.2, 0) is 12.8 Å². The molecule has 1 fully saturated rings. The summed E-state index contributed by atoms with van der Waals surface area (Å²) in [6.07, 6.45) is 4.27. The molecule has 1 aliphatic rings. The van der Waals surface area contributed by atoms with Crippen LogP contribution in [0.5, 0.6) is 0 Å². The number of piperazine rings is 1. The van der Waals surface area contributed by atoms with Gasteiger partial charge in [-0.3, -0.25) is 4.90 Å². The second kappa shape index (κ2) is 12.0. The van der Waals surface area contributed by atoms with Crippen molar-refractivity contribution in [2.75, 3.05) is 37.6 Å². The Morgan fingerprint density at radius 3 is 2.43 bits per heavy atom. The Kier molecular flexibility index (Phi) is 8.61. The van der Waals surface area contributed by atoms with Crippen molar-refractivity contribution in [1.82, 2.24) is 14.9 Å². The van der Waals surface area contributed by atoms with E-state index in [1.54, 1.807) is 6.07 Å². The number of rotatable bonds is 10. The molecule has 0 spiro atoms. The molecule has 0 amide bonds. The zero-order chi connectivity index (χ0) is 24.6. The van der Waals surface area contributed by atoms with Crippen LogP contribution in [0.15, 0.2) is 67.3 Å². The largest absolute Gasteiger partial charge is 0.392 e. The number of hydrogen-bond acceptors (Lipinski definition) is 5. The van der Waals surface area contributed by atoms with E-state index in [1.807, 2.05) is 48.5 Å². The van der Waals surface area contributed by atoms with Crippen molar-refractivity contribution in [1.29, 1.82) is 0 Å². The van der Waals surface area contributed by atoms with Crippen LogP contribution in [0, 0.1) is 5.82 Å². The third-order valence-electron chi connectivity index (χ3n) is 6.61. The molecule has 1 aliphatic heterocycles. The number of aliphatic hydroxyl groups is 1. The van der Waals surface area contributed by atoms with Crippen molar-refractivity contribution >= 4 is 5.82 Å². The lowest BCUT2D eigenvalue weighted by Gasteiger charge is -2.37. The van der Waals surface area contributed by atoms with Crippen molar-refractivity contribution in [3.63, 3.8) is 0 Å². The van der Waals surface area contributed by atoms with Crippen LogP contribution < -0.4 is 4.90 Å². The Balaban J connectivity index is 1.63. The quantitative estimate of drug-likeness (QED) is 0.424. The van der Waals surface area contributed by atoms with E-state index >= 15 is 0 Å². The molecule has 2 heterocycles. The highest BCUT2D eigenvalue weighted by Crippen LogP contribution is 2.29. The number of benzene rings is 2. The van der Waals surface area contributed by atoms with E-state index in [0.717, 1.165) is 68.1 Å². The monoisotopic (exact) mass is 474 g/mol. The predicted octanol–water partition coefficient (Wildman–Crippen LogP) is 4.89. The van der Waals surface area contributed by atoms with Crippen molar-refractivity contribution in [3.8, 4) is 11.4 Å². The van der Waals surface area contributed by atoms with Gasteiger partial charge in [-0.25, -0.2) is 14.4 Å². The van der Waals surface area contributed by atoms with E-state index in [0.29, 0.717) is 24.4 Å². The number of nitrogens with zero attached hydrogens (tertiary/aromatic N) is 4. The van der Waals surface area contributed by atoms with E-state index in [4.69, 9.17) is 9.97 Å². The van der Waals surface area contributed by atoms with Crippen LogP contribution in [0.2, 0.25) is 0 Å². The van der Waals surface area contributed by atoms with Gasteiger partial charge in [-0.1, -0.05) is 61.5 Å². The summed E-state index contributed by atoms with van der Waals surface area (Å²) in [5.74, 6) is 1.40. The molecule has 0 radical (unpaired) electrons. The predicted molar refractivity (Wildman–Crippen MR) is 140 cm³/mol. The molecular weight excluding hydrogens is 439 g/mol. The van der Waals surface area contributed by atoms with E-state index in [-0.39, 0.29) is 11.9 Å². The van der Waals surface area contributed by atoms with E-state index in [2.05, 4.69) is 23.3 Å². The van der Waals surface area contributed by atoms with Gasteiger partial charge in [0.2, 0.25) is 0 Å². The van der Waals surface area contributed by atoms with Crippen molar-refractivity contribution in [3.05, 3.63) is 89.9 Å². The average Bonchev–Trinajstić information content (AvgIpc) is 2.89. The minimum absolute atomic E-state index is 0.203. The maximum atomic E-state index is 14.6. The highest BCUT2D eigenvalue weighted by molar-refractivity contribution is 5.61. The van der Waals surface area contributed by atoms with Crippen LogP contribution in [0.4, 0.5) is 10.2 Å². The van der Waals surface area contributed by atoms with Gasteiger partial charge in [-0.2, -0.15) is 0 Å². The standard InChI is InChI=1S/C29H35FN4O/c1-3-5-14-24(35)21-33-16-18-34(19-17-33)29-25(20-23-13-9-10-15-26(23)30)27(4-2)31-28(32-29)22-11-7-6-8-12-22/h3,6-13,15,24,35H,1,4-5,14,16-21H2,2H3/t24-/m0/s1. The molecule has 184 valence electrons. The first kappa shape index (κ1) is 25.0. The van der Waals surface area contributed by atoms with Crippen molar-refractivity contribution in [2.24, 2.45) is 0 Å². The topological polar surface area (TPSA) is 52.5 Å². The van der Waals surface area contributed by atoms with Gasteiger partial charge >= 0.3 is 0 Å². The number of aryl methyl sites for hydroxylation is 1. The fourth-order valence-corrected chi connectivity index (χ4v) is 4.64.